The molecule has 0 spiro atoms. The van der Waals surface area contributed by atoms with E-state index in [9.17, 15) is 19.5 Å². The van der Waals surface area contributed by atoms with Crippen LogP contribution in [-0.4, -0.2) is 51.2 Å². The maximum Gasteiger partial charge on any atom is 0.332 e. The third kappa shape index (κ3) is 4.07. The number of ketones is 1. The van der Waals surface area contributed by atoms with Gasteiger partial charge in [0.15, 0.2) is 5.78 Å². The van der Waals surface area contributed by atoms with Crippen molar-refractivity contribution in [3.8, 4) is 0 Å². The lowest BCUT2D eigenvalue weighted by atomic mass is 9.97. The lowest BCUT2D eigenvalue weighted by molar-refractivity contribution is 0.0862. The number of nitrogens with zero attached hydrogens (tertiary/aromatic N) is 3. The van der Waals surface area contributed by atoms with Crippen LogP contribution in [0.5, 0.6) is 0 Å². The van der Waals surface area contributed by atoms with Gasteiger partial charge in [0.2, 0.25) is 0 Å². The highest BCUT2D eigenvalue weighted by molar-refractivity contribution is 6.01. The summed E-state index contributed by atoms with van der Waals surface area (Å²) in [7, 11) is 1.36. The van der Waals surface area contributed by atoms with Gasteiger partial charge in [-0.05, 0) is 37.4 Å². The summed E-state index contributed by atoms with van der Waals surface area (Å²) in [5, 5.41) is 9.24. The first kappa shape index (κ1) is 20.0. The second kappa shape index (κ2) is 8.53. The Balaban J connectivity index is 1.89. The van der Waals surface area contributed by atoms with Crippen molar-refractivity contribution < 1.29 is 9.90 Å². The van der Waals surface area contributed by atoms with E-state index in [1.54, 1.807) is 0 Å². The number of anilines is 1. The summed E-state index contributed by atoms with van der Waals surface area (Å²) in [5.74, 6) is -0.216. The number of piperidine rings is 1. The number of benzene rings is 1. The Morgan fingerprint density at radius 1 is 1.18 bits per heavy atom. The molecule has 0 amide bonds. The van der Waals surface area contributed by atoms with Gasteiger partial charge in [-0.2, -0.15) is 0 Å². The number of likely N-dealkylation sites (tertiary alicyclic amines) is 1. The van der Waals surface area contributed by atoms with Gasteiger partial charge in [0.05, 0.1) is 13.1 Å². The fourth-order valence-corrected chi connectivity index (χ4v) is 3.57. The molecule has 1 aromatic heterocycles. The number of aliphatic hydroxyl groups excluding tert-OH is 1. The number of hydrogen-bond donors (Lipinski definition) is 2. The van der Waals surface area contributed by atoms with Crippen molar-refractivity contribution in [2.24, 2.45) is 13.0 Å². The molecule has 0 unspecified atom stereocenters. The first-order valence-corrected chi connectivity index (χ1v) is 9.42. The van der Waals surface area contributed by atoms with Crippen molar-refractivity contribution in [3.05, 3.63) is 62.3 Å². The molecule has 8 heteroatoms. The summed E-state index contributed by atoms with van der Waals surface area (Å²) in [5.41, 5.74) is 5.62. The Labute approximate surface area is 162 Å². The Bertz CT molecular complexity index is 957. The van der Waals surface area contributed by atoms with Crippen molar-refractivity contribution in [1.29, 1.82) is 0 Å². The van der Waals surface area contributed by atoms with E-state index in [2.05, 4.69) is 0 Å². The molecule has 28 heavy (non-hydrogen) atoms. The van der Waals surface area contributed by atoms with Crippen LogP contribution in [0.1, 0.15) is 28.8 Å². The number of rotatable bonds is 6. The molecule has 1 aliphatic rings. The largest absolute Gasteiger partial charge is 0.396 e. The third-order valence-corrected chi connectivity index (χ3v) is 5.38. The number of hydrogen-bond acceptors (Lipinski definition) is 6. The second-order valence-corrected chi connectivity index (χ2v) is 7.30. The van der Waals surface area contributed by atoms with E-state index in [-0.39, 0.29) is 42.8 Å². The molecule has 1 fully saturated rings. The molecule has 2 heterocycles. The van der Waals surface area contributed by atoms with E-state index in [1.165, 1.54) is 11.6 Å². The first-order valence-electron chi connectivity index (χ1n) is 9.42. The van der Waals surface area contributed by atoms with Gasteiger partial charge in [0.1, 0.15) is 11.4 Å². The van der Waals surface area contributed by atoms with Crippen LogP contribution in [0.25, 0.3) is 0 Å². The molecule has 8 nitrogen and oxygen atoms in total. The summed E-state index contributed by atoms with van der Waals surface area (Å²) in [6.07, 6.45) is 1.62. The monoisotopic (exact) mass is 386 g/mol. The van der Waals surface area contributed by atoms with Gasteiger partial charge >= 0.3 is 5.69 Å². The van der Waals surface area contributed by atoms with E-state index in [1.807, 2.05) is 35.2 Å². The van der Waals surface area contributed by atoms with Crippen LogP contribution in [-0.2, 0) is 13.6 Å². The van der Waals surface area contributed by atoms with Crippen LogP contribution < -0.4 is 17.0 Å². The van der Waals surface area contributed by atoms with Gasteiger partial charge < -0.3 is 10.8 Å². The smallest absolute Gasteiger partial charge is 0.332 e. The number of aromatic nitrogens is 2. The van der Waals surface area contributed by atoms with Crippen LogP contribution in [0.3, 0.4) is 0 Å². The Morgan fingerprint density at radius 3 is 2.43 bits per heavy atom. The molecule has 1 aliphatic heterocycles. The van der Waals surface area contributed by atoms with E-state index < -0.39 is 11.2 Å². The van der Waals surface area contributed by atoms with Gasteiger partial charge in [-0.1, -0.05) is 30.3 Å². The standard InChI is InChI=1S/C20H26N4O4/c1-22-19(27)17(16(26)12-23-9-7-15(13-25)8-10-23)18(21)24(20(22)28)11-14-5-3-2-4-6-14/h2-6,15,25H,7-13,21H2,1H3. The van der Waals surface area contributed by atoms with Crippen LogP contribution in [0.2, 0.25) is 0 Å². The van der Waals surface area contributed by atoms with Gasteiger partial charge in [-0.15, -0.1) is 0 Å². The third-order valence-electron chi connectivity index (χ3n) is 5.38. The molecular formula is C20H26N4O4. The highest BCUT2D eigenvalue weighted by Gasteiger charge is 2.25. The average Bonchev–Trinajstić information content (AvgIpc) is 2.71. The predicted octanol–water partition coefficient (Wildman–Crippen LogP) is 0.0645. The minimum absolute atomic E-state index is 0.0706. The lowest BCUT2D eigenvalue weighted by Crippen LogP contribution is -2.45. The summed E-state index contributed by atoms with van der Waals surface area (Å²) in [4.78, 5) is 40.0. The van der Waals surface area contributed by atoms with E-state index in [0.717, 1.165) is 23.0 Å². The Kier molecular flexibility index (Phi) is 6.11. The summed E-state index contributed by atoms with van der Waals surface area (Å²) < 4.78 is 2.20. The van der Waals surface area contributed by atoms with Crippen molar-refractivity contribution >= 4 is 11.6 Å². The Hall–Kier alpha value is -2.71. The van der Waals surface area contributed by atoms with Crippen LogP contribution >= 0.6 is 0 Å². The van der Waals surface area contributed by atoms with E-state index >= 15 is 0 Å². The number of nitrogen functional groups attached to an aromatic ring is 1. The van der Waals surface area contributed by atoms with E-state index in [0.29, 0.717) is 13.1 Å². The fourth-order valence-electron chi connectivity index (χ4n) is 3.57. The number of aliphatic hydroxyl groups is 1. The predicted molar refractivity (Wildman–Crippen MR) is 106 cm³/mol. The zero-order valence-electron chi connectivity index (χ0n) is 16.0. The SMILES string of the molecule is Cn1c(=O)c(C(=O)CN2CCC(CO)CC2)c(N)n(Cc2ccccc2)c1=O. The number of carbonyl (C=O) groups excluding carboxylic acids is 1. The van der Waals surface area contributed by atoms with Gasteiger partial charge in [0.25, 0.3) is 5.56 Å². The minimum atomic E-state index is -0.665. The molecule has 1 saturated heterocycles. The van der Waals surface area contributed by atoms with Gasteiger partial charge in [-0.3, -0.25) is 23.6 Å². The van der Waals surface area contributed by atoms with Crippen LogP contribution in [0.15, 0.2) is 39.9 Å². The number of carbonyl (C=O) groups is 1. The molecule has 0 aliphatic carbocycles. The zero-order valence-corrected chi connectivity index (χ0v) is 16.0. The number of Topliss-reactive ketones (excluding diaryl/α,β-unsaturated/α-hetero) is 1. The van der Waals surface area contributed by atoms with E-state index in [4.69, 9.17) is 5.73 Å². The van der Waals surface area contributed by atoms with Gasteiger partial charge in [0, 0.05) is 13.7 Å². The normalized spacial score (nSPS) is 15.6. The molecular weight excluding hydrogens is 360 g/mol. The van der Waals surface area contributed by atoms with Crippen molar-refractivity contribution in [3.63, 3.8) is 0 Å². The molecule has 1 aromatic carbocycles. The summed E-state index contributed by atoms with van der Waals surface area (Å²) >= 11 is 0. The lowest BCUT2D eigenvalue weighted by Gasteiger charge is -2.30. The highest BCUT2D eigenvalue weighted by atomic mass is 16.3. The van der Waals surface area contributed by atoms with Crippen molar-refractivity contribution in [1.82, 2.24) is 14.0 Å². The molecule has 2 aromatic rings. The number of nitrogens with two attached hydrogens (primary N) is 1. The minimum Gasteiger partial charge on any atom is -0.396 e. The summed E-state index contributed by atoms with van der Waals surface area (Å²) in [6.45, 7) is 1.77. The highest BCUT2D eigenvalue weighted by Crippen LogP contribution is 2.17. The molecule has 3 rings (SSSR count). The van der Waals surface area contributed by atoms with Gasteiger partial charge in [-0.25, -0.2) is 4.79 Å². The van der Waals surface area contributed by atoms with Crippen LogP contribution in [0, 0.1) is 5.92 Å². The fraction of sp³-hybridized carbons (Fsp3) is 0.450. The second-order valence-electron chi connectivity index (χ2n) is 7.30. The van der Waals surface area contributed by atoms with Crippen molar-refractivity contribution in [2.45, 2.75) is 19.4 Å². The molecule has 0 atom stereocenters. The zero-order chi connectivity index (χ0) is 20.3. The van der Waals surface area contributed by atoms with Crippen molar-refractivity contribution in [2.75, 3.05) is 32.0 Å². The first-order chi connectivity index (χ1) is 13.4. The Morgan fingerprint density at radius 2 is 1.82 bits per heavy atom. The molecule has 0 radical (unpaired) electrons. The van der Waals surface area contributed by atoms with Crippen LogP contribution in [0.4, 0.5) is 5.82 Å². The average molecular weight is 386 g/mol. The quantitative estimate of drug-likeness (QED) is 0.680. The molecule has 150 valence electrons. The maximum atomic E-state index is 12.9. The molecule has 0 saturated carbocycles. The summed E-state index contributed by atoms with van der Waals surface area (Å²) in [6, 6.07) is 9.26. The maximum absolute atomic E-state index is 12.9. The molecule has 3 N–H and O–H groups in total. The topological polar surface area (TPSA) is 111 Å². The molecule has 0 bridgehead atoms.